The molecule has 0 saturated heterocycles. The summed E-state index contributed by atoms with van der Waals surface area (Å²) < 4.78 is 7.59. The number of benzene rings is 8. The second kappa shape index (κ2) is 11.0. The summed E-state index contributed by atoms with van der Waals surface area (Å²) in [6, 6.07) is 66.6. The fourth-order valence-corrected chi connectivity index (χ4v) is 9.30. The molecule has 51 heavy (non-hydrogen) atoms. The molecule has 0 radical (unpaired) electrons. The lowest BCUT2D eigenvalue weighted by molar-refractivity contribution is 1.18. The Morgan fingerprint density at radius 1 is 0.314 bits per heavy atom. The van der Waals surface area contributed by atoms with Gasteiger partial charge in [-0.15, -0.1) is 11.3 Å². The Hall–Kier alpha value is -6.42. The number of fused-ring (bicyclic) bond motifs is 10. The van der Waals surface area contributed by atoms with Crippen LogP contribution in [0.4, 0.5) is 0 Å². The van der Waals surface area contributed by atoms with Crippen molar-refractivity contribution >= 4 is 75.1 Å². The van der Waals surface area contributed by atoms with E-state index in [1.54, 1.807) is 0 Å². The Bertz CT molecular complexity index is 3120. The van der Waals surface area contributed by atoms with Crippen molar-refractivity contribution in [1.82, 2.24) is 9.13 Å². The Balaban J connectivity index is 1.16. The van der Waals surface area contributed by atoms with Gasteiger partial charge in [0.05, 0.1) is 22.1 Å². The fraction of sp³-hybridized carbons (Fsp3) is 0. The number of para-hydroxylation sites is 2. The van der Waals surface area contributed by atoms with Crippen molar-refractivity contribution in [2.24, 2.45) is 0 Å². The lowest BCUT2D eigenvalue weighted by atomic mass is 10.00. The molecule has 11 rings (SSSR count). The van der Waals surface area contributed by atoms with Crippen LogP contribution in [0.25, 0.3) is 97.4 Å². The molecule has 0 saturated carbocycles. The van der Waals surface area contributed by atoms with Gasteiger partial charge in [-0.1, -0.05) is 127 Å². The maximum absolute atomic E-state index is 2.50. The fourth-order valence-electron chi connectivity index (χ4n) is 8.22. The van der Waals surface area contributed by atoms with E-state index in [2.05, 4.69) is 191 Å². The molecule has 0 atom stereocenters. The van der Waals surface area contributed by atoms with Crippen molar-refractivity contribution in [1.29, 1.82) is 0 Å². The van der Waals surface area contributed by atoms with Crippen LogP contribution in [0.1, 0.15) is 0 Å². The minimum absolute atomic E-state index is 1.15. The average molecular weight is 667 g/mol. The summed E-state index contributed by atoms with van der Waals surface area (Å²) in [5.41, 5.74) is 12.1. The van der Waals surface area contributed by atoms with Gasteiger partial charge in [0.1, 0.15) is 0 Å². The summed E-state index contributed by atoms with van der Waals surface area (Å²) in [5, 5.41) is 7.68. The van der Waals surface area contributed by atoms with Crippen LogP contribution in [0.3, 0.4) is 0 Å². The van der Waals surface area contributed by atoms with Crippen LogP contribution in [0.5, 0.6) is 0 Å². The van der Waals surface area contributed by atoms with E-state index < -0.39 is 0 Å². The van der Waals surface area contributed by atoms with Crippen molar-refractivity contribution in [3.63, 3.8) is 0 Å². The molecule has 3 heterocycles. The van der Waals surface area contributed by atoms with Gasteiger partial charge in [-0.3, -0.25) is 0 Å². The predicted octanol–water partition coefficient (Wildman–Crippen LogP) is 13.6. The van der Waals surface area contributed by atoms with E-state index >= 15 is 0 Å². The van der Waals surface area contributed by atoms with Crippen LogP contribution >= 0.6 is 11.3 Å². The standard InChI is InChI=1S/C48H30N2S/c1-2-11-31(12-3-1)32-21-23-33(24-22-32)34-13-10-14-35(29-34)49-43-19-8-5-17-40(43)47-44(49)27-26-39-37-15-4-7-18-42(37)50(48(39)47)36-25-28-46-41(30-36)38-16-6-9-20-45(38)51-46/h1-30H. The zero-order valence-electron chi connectivity index (χ0n) is 27.6. The maximum Gasteiger partial charge on any atom is 0.0641 e. The predicted molar refractivity (Wildman–Crippen MR) is 219 cm³/mol. The first-order valence-corrected chi connectivity index (χ1v) is 18.3. The number of hydrogen-bond acceptors (Lipinski definition) is 1. The zero-order chi connectivity index (χ0) is 33.5. The van der Waals surface area contributed by atoms with E-state index in [0.29, 0.717) is 0 Å². The molecule has 0 unspecified atom stereocenters. The van der Waals surface area contributed by atoms with Crippen molar-refractivity contribution in [2.45, 2.75) is 0 Å². The molecule has 238 valence electrons. The molecule has 0 bridgehead atoms. The molecule has 0 aliphatic heterocycles. The molecular formula is C48H30N2S. The molecule has 0 N–H and O–H groups in total. The molecule has 11 aromatic rings. The number of nitrogens with zero attached hydrogens (tertiary/aromatic N) is 2. The van der Waals surface area contributed by atoms with Gasteiger partial charge in [0, 0.05) is 53.1 Å². The first-order chi connectivity index (χ1) is 25.3. The van der Waals surface area contributed by atoms with E-state index in [1.807, 2.05) is 11.3 Å². The topological polar surface area (TPSA) is 9.86 Å². The molecular weight excluding hydrogens is 637 g/mol. The van der Waals surface area contributed by atoms with Crippen molar-refractivity contribution in [3.8, 4) is 33.6 Å². The average Bonchev–Trinajstić information content (AvgIpc) is 3.86. The lowest BCUT2D eigenvalue weighted by Gasteiger charge is -2.12. The van der Waals surface area contributed by atoms with Crippen LogP contribution in [0.2, 0.25) is 0 Å². The van der Waals surface area contributed by atoms with E-state index in [1.165, 1.54) is 91.7 Å². The van der Waals surface area contributed by atoms with Gasteiger partial charge < -0.3 is 9.13 Å². The van der Waals surface area contributed by atoms with E-state index in [-0.39, 0.29) is 0 Å². The molecule has 0 aliphatic rings. The van der Waals surface area contributed by atoms with Gasteiger partial charge in [0.15, 0.2) is 0 Å². The van der Waals surface area contributed by atoms with Crippen LogP contribution in [-0.2, 0) is 0 Å². The van der Waals surface area contributed by atoms with Crippen molar-refractivity contribution < 1.29 is 0 Å². The Morgan fingerprint density at radius 3 is 1.75 bits per heavy atom. The monoisotopic (exact) mass is 666 g/mol. The third kappa shape index (κ3) is 4.29. The van der Waals surface area contributed by atoms with Gasteiger partial charge in [-0.25, -0.2) is 0 Å². The van der Waals surface area contributed by atoms with E-state index in [4.69, 9.17) is 0 Å². The first kappa shape index (κ1) is 28.4. The van der Waals surface area contributed by atoms with Crippen LogP contribution in [0, 0.1) is 0 Å². The Morgan fingerprint density at radius 2 is 0.922 bits per heavy atom. The van der Waals surface area contributed by atoms with Crippen molar-refractivity contribution in [2.75, 3.05) is 0 Å². The lowest BCUT2D eigenvalue weighted by Crippen LogP contribution is -1.95. The number of thiophene rings is 1. The summed E-state index contributed by atoms with van der Waals surface area (Å²) >= 11 is 1.87. The summed E-state index contributed by atoms with van der Waals surface area (Å²) in [6.07, 6.45) is 0. The first-order valence-electron chi connectivity index (χ1n) is 17.4. The highest BCUT2D eigenvalue weighted by Crippen LogP contribution is 2.43. The SMILES string of the molecule is c1ccc(-c2ccc(-c3cccc(-n4c5ccccc5c5c4ccc4c6ccccc6n(-c6ccc7sc8ccccc8c7c6)c45)c3)cc2)cc1. The molecule has 2 nitrogen and oxygen atoms in total. The summed E-state index contributed by atoms with van der Waals surface area (Å²) in [4.78, 5) is 0. The highest BCUT2D eigenvalue weighted by Gasteiger charge is 2.21. The minimum atomic E-state index is 1.15. The number of hydrogen-bond donors (Lipinski definition) is 0. The molecule has 0 fully saturated rings. The quantitative estimate of drug-likeness (QED) is 0.177. The summed E-state index contributed by atoms with van der Waals surface area (Å²) in [5.74, 6) is 0. The smallest absolute Gasteiger partial charge is 0.0641 e. The molecule has 8 aromatic carbocycles. The highest BCUT2D eigenvalue weighted by molar-refractivity contribution is 7.25. The third-order valence-corrected chi connectivity index (χ3v) is 11.7. The normalized spacial score (nSPS) is 11.9. The molecule has 3 heteroatoms. The van der Waals surface area contributed by atoms with Crippen LogP contribution < -0.4 is 0 Å². The second-order valence-electron chi connectivity index (χ2n) is 13.3. The van der Waals surface area contributed by atoms with Gasteiger partial charge in [0.25, 0.3) is 0 Å². The van der Waals surface area contributed by atoms with Gasteiger partial charge >= 0.3 is 0 Å². The molecule has 3 aromatic heterocycles. The van der Waals surface area contributed by atoms with E-state index in [0.717, 1.165) is 5.69 Å². The van der Waals surface area contributed by atoms with Crippen molar-refractivity contribution in [3.05, 3.63) is 182 Å². The van der Waals surface area contributed by atoms with Gasteiger partial charge in [-0.2, -0.15) is 0 Å². The highest BCUT2D eigenvalue weighted by atomic mass is 32.1. The third-order valence-electron chi connectivity index (χ3n) is 10.5. The number of rotatable bonds is 4. The zero-order valence-corrected chi connectivity index (χ0v) is 28.4. The largest absolute Gasteiger partial charge is 0.309 e. The number of aromatic nitrogens is 2. The van der Waals surface area contributed by atoms with Crippen LogP contribution in [-0.4, -0.2) is 9.13 Å². The summed E-state index contributed by atoms with van der Waals surface area (Å²) in [7, 11) is 0. The Labute approximate surface area is 298 Å². The molecule has 0 spiro atoms. The Kier molecular flexibility index (Phi) is 6.16. The minimum Gasteiger partial charge on any atom is -0.309 e. The second-order valence-corrected chi connectivity index (χ2v) is 14.4. The summed E-state index contributed by atoms with van der Waals surface area (Å²) in [6.45, 7) is 0. The van der Waals surface area contributed by atoms with Gasteiger partial charge in [0.2, 0.25) is 0 Å². The molecule has 0 aliphatic carbocycles. The molecule has 0 amide bonds. The van der Waals surface area contributed by atoms with E-state index in [9.17, 15) is 0 Å². The van der Waals surface area contributed by atoms with Gasteiger partial charge in [-0.05, 0) is 76.9 Å². The maximum atomic E-state index is 2.50. The van der Waals surface area contributed by atoms with Crippen LogP contribution in [0.15, 0.2) is 182 Å².